The molecule has 24 nitrogen and oxygen atoms in total. The van der Waals surface area contributed by atoms with Crippen molar-refractivity contribution in [2.75, 3.05) is 0 Å². The predicted molar refractivity (Wildman–Crippen MR) is 509 cm³/mol. The second-order valence-corrected chi connectivity index (χ2v) is 37.3. The number of para-hydroxylation sites is 8. The average Bonchev–Trinajstić information content (AvgIpc) is 1.07. The summed E-state index contributed by atoms with van der Waals surface area (Å²) in [5.41, 5.74) is 24.6. The maximum absolute atomic E-state index is 7.08. The summed E-state index contributed by atoms with van der Waals surface area (Å²) in [7, 11) is 7.96. The van der Waals surface area contributed by atoms with Crippen molar-refractivity contribution in [3.63, 3.8) is 0 Å². The van der Waals surface area contributed by atoms with E-state index in [2.05, 4.69) is 117 Å². The van der Waals surface area contributed by atoms with Crippen LogP contribution in [-0.2, 0) is 112 Å². The summed E-state index contributed by atoms with van der Waals surface area (Å²) in [4.78, 5) is 50.4. The molecule has 0 saturated carbocycles. The largest absolute Gasteiger partial charge is 2.00 e. The van der Waals surface area contributed by atoms with E-state index >= 15 is 0 Å². The van der Waals surface area contributed by atoms with Gasteiger partial charge in [0.05, 0.1) is 67.4 Å². The first-order valence-electron chi connectivity index (χ1n) is 42.6. The van der Waals surface area contributed by atoms with Gasteiger partial charge in [-0.05, 0) is 106 Å². The van der Waals surface area contributed by atoms with Crippen LogP contribution in [0.4, 0.5) is 0 Å². The zero-order valence-electron chi connectivity index (χ0n) is 70.9. The number of pyridine rings is 4. The van der Waals surface area contributed by atoms with Gasteiger partial charge in [-0.25, -0.2) is 0 Å². The maximum atomic E-state index is 7.08. The van der Waals surface area contributed by atoms with Crippen LogP contribution in [-0.4, -0.2) is 124 Å². The first-order valence-corrected chi connectivity index (χ1v) is 45.8. The summed E-state index contributed by atoms with van der Waals surface area (Å²) in [6.45, 7) is -1.53. The molecule has 8 aliphatic rings. The minimum absolute atomic E-state index is 0. The van der Waals surface area contributed by atoms with Gasteiger partial charge in [-0.1, -0.05) is 117 Å². The normalized spacial score (nSPS) is 13.3. The van der Waals surface area contributed by atoms with Crippen LogP contribution < -0.4 is 84.5 Å². The quantitative estimate of drug-likeness (QED) is 0.102. The monoisotopic (exact) mass is 2550 g/mol. The molecule has 136 heavy (non-hydrogen) atoms. The van der Waals surface area contributed by atoms with E-state index in [-0.39, 0.29) is 97.7 Å². The molecule has 0 N–H and O–H groups in total. The minimum atomic E-state index is -0.671. The van der Waals surface area contributed by atoms with Crippen LogP contribution in [0.15, 0.2) is 283 Å². The van der Waals surface area contributed by atoms with Crippen LogP contribution in [0.2, 0.25) is 0 Å². The van der Waals surface area contributed by atoms with Crippen molar-refractivity contribution in [2.45, 2.75) is 39.2 Å². The summed E-state index contributed by atoms with van der Waals surface area (Å²) in [5, 5.41) is 18.3. The predicted octanol–water partition coefficient (Wildman–Crippen LogP) is 10.6. The van der Waals surface area contributed by atoms with Crippen LogP contribution in [0.1, 0.15) is 0 Å². The number of fused-ring (bicyclic) bond motifs is 24. The Morgan fingerprint density at radius 2 is 0.500 bits per heavy atom. The third-order valence-corrected chi connectivity index (χ3v) is 31.0. The van der Waals surface area contributed by atoms with Crippen LogP contribution in [0.3, 0.4) is 0 Å². The molecule has 0 radical (unpaired) electrons. The van der Waals surface area contributed by atoms with Crippen LogP contribution in [0.25, 0.3) is 112 Å². The van der Waals surface area contributed by atoms with Gasteiger partial charge >= 0.3 is 84.3 Å². The van der Waals surface area contributed by atoms with Gasteiger partial charge in [0.2, 0.25) is 13.4 Å². The molecule has 10 aromatic carbocycles. The topological polar surface area (TPSA) is 231 Å². The Balaban J connectivity index is 0.000000147. The Morgan fingerprint density at radius 3 is 0.728 bits per heavy atom. The molecule has 0 spiro atoms. The van der Waals surface area contributed by atoms with E-state index in [1.165, 1.54) is 50.1 Å². The van der Waals surface area contributed by atoms with Gasteiger partial charge in [0, 0.05) is 108 Å². The molecule has 0 bridgehead atoms. The number of aryl methyl sites for hydroxylation is 4. The van der Waals surface area contributed by atoms with Gasteiger partial charge in [-0.2, -0.15) is 138 Å². The number of benzene rings is 10. The van der Waals surface area contributed by atoms with Gasteiger partial charge < -0.3 is 57.2 Å². The fourth-order valence-electron chi connectivity index (χ4n) is 19.9. The van der Waals surface area contributed by atoms with Crippen molar-refractivity contribution in [1.29, 1.82) is 0 Å². The van der Waals surface area contributed by atoms with E-state index in [1.54, 1.807) is 24.8 Å². The molecular weight excluding hydrogens is 2500 g/mol. The molecule has 0 fully saturated rings. The van der Waals surface area contributed by atoms with Crippen molar-refractivity contribution in [1.82, 2.24) is 97.3 Å². The Bertz CT molecular complexity index is 7850. The molecule has 22 aromatic rings. The molecule has 20 heterocycles. The number of ether oxygens (including phenoxy) is 4. The van der Waals surface area contributed by atoms with E-state index in [0.717, 1.165) is 88.7 Å². The molecule has 8 aliphatic heterocycles. The number of hydrogen-bond donors (Lipinski definition) is 0. The van der Waals surface area contributed by atoms with Crippen LogP contribution >= 0.6 is 47.0 Å². The second kappa shape index (κ2) is 32.4. The summed E-state index contributed by atoms with van der Waals surface area (Å²) >= 11 is 7.46. The van der Waals surface area contributed by atoms with Crippen LogP contribution in [0.5, 0.6) is 46.5 Å². The van der Waals surface area contributed by atoms with Gasteiger partial charge in [0.1, 0.15) is 23.5 Å². The average molecular weight is 2550 g/mol. The van der Waals surface area contributed by atoms with E-state index < -0.39 is 13.4 Å². The second-order valence-electron chi connectivity index (χ2n) is 33.1. The smallest absolute Gasteiger partial charge is 0.481 e. The zero-order valence-corrected chi connectivity index (χ0v) is 83.2. The Hall–Kier alpha value is -12.9. The number of nitrogens with zero attached hydrogens (tertiary/aromatic N) is 20. The summed E-state index contributed by atoms with van der Waals surface area (Å²) in [6, 6.07) is 87.8. The van der Waals surface area contributed by atoms with E-state index in [9.17, 15) is 0 Å². The van der Waals surface area contributed by atoms with Crippen molar-refractivity contribution in [2.24, 2.45) is 28.2 Å². The SMILES string of the molecule is Cn1c(-c2[c-]c3c(nc2)Oc2c4c5c(c6c2B3c2[c-]c(-c3nc7ccccc7n3C)cnc2O6)Oc2ncc(-c3nc6ccccc6n3C)[c-]c2B5c2[c-]c(-c3nc5ccccc5n3C)cnc2O4)nc2ccccc21.[Pt+2].[Pt+2].[Pt+2].[Pt+2].[c-]1c(-n2cccn2)ccc2c1B1c3[c-]c(-n4cccn4)ccc3Sc3c4c5c(c(c31)S2)Sc1ccc(-n2cccn2)[c-]c1B5c1[c-]c(-n2cccn2)ccc1S4. The number of rotatable bonds is 8. The molecule has 652 valence electrons. The minimum Gasteiger partial charge on any atom is -0.481 e. The summed E-state index contributed by atoms with van der Waals surface area (Å²) < 4.78 is 44.1. The summed E-state index contributed by atoms with van der Waals surface area (Å²) in [5.74, 6) is 5.50. The number of hydrogen-bond acceptors (Lipinski definition) is 20. The Kier molecular flexibility index (Phi) is 20.2. The van der Waals surface area contributed by atoms with Gasteiger partial charge in [0.15, 0.2) is 36.4 Å². The molecule has 0 unspecified atom stereocenters. The Labute approximate surface area is 850 Å². The number of aromatic nitrogens is 20. The molecule has 0 atom stereocenters. The van der Waals surface area contributed by atoms with Crippen molar-refractivity contribution in [3.8, 4) is 115 Å². The molecule has 12 aromatic heterocycles. The fraction of sp³-hybridized carbons (Fsp3) is 0.0400. The number of imidazole rings is 4. The molecule has 30 rings (SSSR count). The van der Waals surface area contributed by atoms with Crippen molar-refractivity contribution in [3.05, 3.63) is 293 Å². The van der Waals surface area contributed by atoms with Gasteiger partial charge in [-0.15, -0.1) is 68.1 Å². The molecular formula is C100H52B4N20O4Pt4S4. The van der Waals surface area contributed by atoms with Crippen LogP contribution in [0, 0.1) is 48.5 Å². The van der Waals surface area contributed by atoms with Crippen molar-refractivity contribution < 1.29 is 103 Å². The summed E-state index contributed by atoms with van der Waals surface area (Å²) in [6.07, 6.45) is 22.1. The van der Waals surface area contributed by atoms with E-state index in [1.807, 2.05) is 283 Å². The maximum Gasteiger partial charge on any atom is 2.00 e. The molecule has 0 saturated heterocycles. The first kappa shape index (κ1) is 84.8. The zero-order chi connectivity index (χ0) is 86.7. The van der Waals surface area contributed by atoms with E-state index in [0.29, 0.717) is 125 Å². The van der Waals surface area contributed by atoms with Gasteiger partial charge in [0.25, 0.3) is 0 Å². The molecule has 36 heteroatoms. The fourth-order valence-corrected chi connectivity index (χ4v) is 25.2. The third kappa shape index (κ3) is 12.7. The molecule has 0 aliphatic carbocycles. The Morgan fingerprint density at radius 1 is 0.265 bits per heavy atom. The first-order chi connectivity index (χ1) is 65.0. The van der Waals surface area contributed by atoms with E-state index in [4.69, 9.17) is 58.8 Å². The van der Waals surface area contributed by atoms with Crippen molar-refractivity contribution >= 4 is 184 Å². The van der Waals surface area contributed by atoms with Gasteiger partial charge in [-0.3, -0.25) is 38.7 Å². The third-order valence-electron chi connectivity index (χ3n) is 25.9. The standard InChI is InChI=1S/C58H32B2N12O4.C42H20B2N8S4.4Pt/c1-69-41-17-9-5-13-37(41)65-51(69)29-21-33-55(61-25-29)73-47-45-48(74-56-34(59(33)45)22-30(26-62-56)52-66-38-14-6-10-18-42(38)70(52)2)50-46-49(47)75-57-35(23-31(27-63-57)53-67-39-15-7-11-19-43(39)71(53)3)60(46)36-24-32(28-64-58(36)76-50)54-68-40-16-8-12-20-44(40)72(54)4;1-13-45-49(17-1)25-5-9-33-29(21-25)43-30-22-26(50-18-2-14-46-50)6-10-34(30)54-40-37(43)39(53-33)41-38-42(40)56-36-12-8-28(52-20-4-16-48-52)24-32(36)44(38)31-23-27(7-11-35(31)55-41)51-19-3-15-47-51;;;;/h5-20,25-28H,1-4H3;1-20H;;;;/q2*-4;4*+2. The molecule has 0 amide bonds.